The van der Waals surface area contributed by atoms with Crippen LogP contribution in [0.15, 0.2) is 40.9 Å². The Morgan fingerprint density at radius 2 is 1.67 bits per heavy atom. The highest BCUT2D eigenvalue weighted by Gasteiger charge is 2.32. The van der Waals surface area contributed by atoms with Crippen molar-refractivity contribution in [1.82, 2.24) is 0 Å². The number of benzene rings is 2. The lowest BCUT2D eigenvalue weighted by atomic mass is 10.0. The highest BCUT2D eigenvalue weighted by atomic mass is 79.9. The molecular weight excluding hydrogens is 269 g/mol. The van der Waals surface area contributed by atoms with Gasteiger partial charge in [-0.1, -0.05) is 40.2 Å². The number of fused-ring (bicyclic) bond motifs is 1. The van der Waals surface area contributed by atoms with Crippen molar-refractivity contribution in [3.05, 3.63) is 46.4 Å². The summed E-state index contributed by atoms with van der Waals surface area (Å²) in [6, 6.07) is 9.23. The summed E-state index contributed by atoms with van der Waals surface area (Å²) in [5.41, 5.74) is -0.604. The standard InChI is InChI=1S/C11H6BrF3/c12-8-5-7-3-1-2-4-9(7)10(6-8)11(13,14)15/h1-6H. The van der Waals surface area contributed by atoms with E-state index in [1.807, 2.05) is 0 Å². The van der Waals surface area contributed by atoms with E-state index in [9.17, 15) is 13.2 Å². The Morgan fingerprint density at radius 3 is 2.33 bits per heavy atom. The number of alkyl halides is 3. The van der Waals surface area contributed by atoms with E-state index >= 15 is 0 Å². The summed E-state index contributed by atoms with van der Waals surface area (Å²) in [6.45, 7) is 0. The molecule has 0 atom stereocenters. The number of halogens is 4. The molecule has 15 heavy (non-hydrogen) atoms. The lowest BCUT2D eigenvalue weighted by Crippen LogP contribution is -2.05. The zero-order valence-electron chi connectivity index (χ0n) is 7.48. The monoisotopic (exact) mass is 274 g/mol. The van der Waals surface area contributed by atoms with Gasteiger partial charge in [0.25, 0.3) is 0 Å². The quantitative estimate of drug-likeness (QED) is 0.658. The van der Waals surface area contributed by atoms with Gasteiger partial charge in [0.05, 0.1) is 5.56 Å². The van der Waals surface area contributed by atoms with Gasteiger partial charge in [0.1, 0.15) is 0 Å². The van der Waals surface area contributed by atoms with Crippen LogP contribution in [0.5, 0.6) is 0 Å². The average Bonchev–Trinajstić information content (AvgIpc) is 2.15. The predicted molar refractivity (Wildman–Crippen MR) is 56.7 cm³/mol. The topological polar surface area (TPSA) is 0 Å². The van der Waals surface area contributed by atoms with E-state index in [2.05, 4.69) is 15.9 Å². The van der Waals surface area contributed by atoms with Gasteiger partial charge in [0.15, 0.2) is 0 Å². The molecule has 2 aromatic carbocycles. The van der Waals surface area contributed by atoms with E-state index < -0.39 is 11.7 Å². The van der Waals surface area contributed by atoms with Crippen LogP contribution in [0.25, 0.3) is 10.8 Å². The summed E-state index contributed by atoms with van der Waals surface area (Å²) in [7, 11) is 0. The first-order chi connectivity index (χ1) is 6.98. The van der Waals surface area contributed by atoms with E-state index in [0.717, 1.165) is 6.07 Å². The second-order valence-electron chi connectivity index (χ2n) is 3.17. The maximum absolute atomic E-state index is 12.7. The molecule has 0 heterocycles. The van der Waals surface area contributed by atoms with Crippen LogP contribution in [0.3, 0.4) is 0 Å². The Kier molecular flexibility index (Phi) is 2.46. The molecule has 0 aliphatic carbocycles. The Balaban J connectivity index is 2.83. The number of hydrogen-bond donors (Lipinski definition) is 0. The Bertz CT molecular complexity index is 503. The van der Waals surface area contributed by atoms with Crippen LogP contribution in [-0.4, -0.2) is 0 Å². The summed E-state index contributed by atoms with van der Waals surface area (Å²) in [6.07, 6.45) is -4.32. The molecule has 0 saturated heterocycles. The summed E-state index contributed by atoms with van der Waals surface area (Å²) >= 11 is 3.08. The molecule has 0 N–H and O–H groups in total. The van der Waals surface area contributed by atoms with Crippen molar-refractivity contribution in [3.8, 4) is 0 Å². The van der Waals surface area contributed by atoms with Crippen molar-refractivity contribution in [3.63, 3.8) is 0 Å². The molecule has 0 aromatic heterocycles. The fourth-order valence-electron chi connectivity index (χ4n) is 1.51. The first-order valence-electron chi connectivity index (χ1n) is 4.24. The molecule has 0 aliphatic heterocycles. The lowest BCUT2D eigenvalue weighted by Gasteiger charge is -2.10. The minimum atomic E-state index is -4.32. The minimum Gasteiger partial charge on any atom is -0.166 e. The number of hydrogen-bond acceptors (Lipinski definition) is 0. The van der Waals surface area contributed by atoms with E-state index in [1.165, 1.54) is 6.07 Å². The smallest absolute Gasteiger partial charge is 0.166 e. The SMILES string of the molecule is FC(F)(F)c1cc(Br)cc2ccccc12. The molecule has 2 aromatic rings. The molecule has 4 heteroatoms. The summed E-state index contributed by atoms with van der Waals surface area (Å²) in [4.78, 5) is 0. The maximum atomic E-state index is 12.7. The zero-order valence-corrected chi connectivity index (χ0v) is 9.06. The minimum absolute atomic E-state index is 0.230. The van der Waals surface area contributed by atoms with Crippen molar-refractivity contribution in [1.29, 1.82) is 0 Å². The molecule has 0 saturated carbocycles. The van der Waals surface area contributed by atoms with E-state index in [1.54, 1.807) is 24.3 Å². The highest BCUT2D eigenvalue weighted by molar-refractivity contribution is 9.10. The summed E-state index contributed by atoms with van der Waals surface area (Å²) < 4.78 is 38.5. The molecule has 0 nitrogen and oxygen atoms in total. The third-order valence-corrected chi connectivity index (χ3v) is 2.59. The highest BCUT2D eigenvalue weighted by Crippen LogP contribution is 2.36. The molecule has 0 aliphatic rings. The Morgan fingerprint density at radius 1 is 1.00 bits per heavy atom. The van der Waals surface area contributed by atoms with Crippen molar-refractivity contribution >= 4 is 26.7 Å². The Hall–Kier alpha value is -1.03. The fourth-order valence-corrected chi connectivity index (χ4v) is 1.98. The number of rotatable bonds is 0. The van der Waals surface area contributed by atoms with Gasteiger partial charge >= 0.3 is 6.18 Å². The molecule has 0 amide bonds. The van der Waals surface area contributed by atoms with Crippen LogP contribution in [0.1, 0.15) is 5.56 Å². The molecule has 0 fully saturated rings. The largest absolute Gasteiger partial charge is 0.417 e. The van der Waals surface area contributed by atoms with Gasteiger partial charge in [-0.05, 0) is 22.9 Å². The van der Waals surface area contributed by atoms with E-state index in [0.29, 0.717) is 9.86 Å². The molecule has 2 rings (SSSR count). The lowest BCUT2D eigenvalue weighted by molar-refractivity contribution is -0.136. The van der Waals surface area contributed by atoms with Gasteiger partial charge in [-0.3, -0.25) is 0 Å². The second-order valence-corrected chi connectivity index (χ2v) is 4.09. The molecule has 0 bridgehead atoms. The summed E-state index contributed by atoms with van der Waals surface area (Å²) in [5, 5.41) is 0.812. The predicted octanol–water partition coefficient (Wildman–Crippen LogP) is 4.62. The van der Waals surface area contributed by atoms with Crippen molar-refractivity contribution in [2.24, 2.45) is 0 Å². The van der Waals surface area contributed by atoms with Gasteiger partial charge in [0, 0.05) is 4.47 Å². The van der Waals surface area contributed by atoms with Crippen molar-refractivity contribution in [2.75, 3.05) is 0 Å². The molecule has 0 spiro atoms. The van der Waals surface area contributed by atoms with Crippen LogP contribution >= 0.6 is 15.9 Å². The first kappa shape index (κ1) is 10.5. The van der Waals surface area contributed by atoms with Gasteiger partial charge in [-0.2, -0.15) is 13.2 Å². The van der Waals surface area contributed by atoms with Crippen molar-refractivity contribution in [2.45, 2.75) is 6.18 Å². The van der Waals surface area contributed by atoms with Crippen molar-refractivity contribution < 1.29 is 13.2 Å². The molecule has 78 valence electrons. The van der Waals surface area contributed by atoms with Crippen LogP contribution in [0.4, 0.5) is 13.2 Å². The third-order valence-electron chi connectivity index (χ3n) is 2.13. The molecule has 0 radical (unpaired) electrons. The first-order valence-corrected chi connectivity index (χ1v) is 5.03. The van der Waals surface area contributed by atoms with Crippen LogP contribution in [0, 0.1) is 0 Å². The maximum Gasteiger partial charge on any atom is 0.417 e. The normalized spacial score (nSPS) is 12.0. The van der Waals surface area contributed by atoms with Crippen LogP contribution in [0.2, 0.25) is 0 Å². The third kappa shape index (κ3) is 2.00. The van der Waals surface area contributed by atoms with Gasteiger partial charge in [-0.15, -0.1) is 0 Å². The van der Waals surface area contributed by atoms with Crippen LogP contribution in [-0.2, 0) is 6.18 Å². The van der Waals surface area contributed by atoms with Gasteiger partial charge in [0.2, 0.25) is 0 Å². The van der Waals surface area contributed by atoms with Gasteiger partial charge in [-0.25, -0.2) is 0 Å². The second kappa shape index (κ2) is 3.52. The average molecular weight is 275 g/mol. The summed E-state index contributed by atoms with van der Waals surface area (Å²) in [5.74, 6) is 0. The van der Waals surface area contributed by atoms with E-state index in [-0.39, 0.29) is 5.39 Å². The van der Waals surface area contributed by atoms with E-state index in [4.69, 9.17) is 0 Å². The molecule has 0 unspecified atom stereocenters. The Labute approximate surface area is 92.8 Å². The van der Waals surface area contributed by atoms with Crippen LogP contribution < -0.4 is 0 Å². The van der Waals surface area contributed by atoms with Gasteiger partial charge < -0.3 is 0 Å². The molecular formula is C11H6BrF3. The zero-order chi connectivity index (χ0) is 11.1. The fraction of sp³-hybridized carbons (Fsp3) is 0.0909.